The second-order valence-corrected chi connectivity index (χ2v) is 4.98. The predicted molar refractivity (Wildman–Crippen MR) is 78.2 cm³/mol. The first-order valence-corrected chi connectivity index (χ1v) is 6.68. The smallest absolute Gasteiger partial charge is 0.0685 e. The number of nitrogens with zero attached hydrogens (tertiary/aromatic N) is 1. The van der Waals surface area contributed by atoms with Gasteiger partial charge in [-0.3, -0.25) is 0 Å². The normalized spacial score (nSPS) is 12.6. The van der Waals surface area contributed by atoms with Crippen LogP contribution in [0, 0.1) is 6.92 Å². The molecule has 1 heterocycles. The van der Waals surface area contributed by atoms with E-state index in [4.69, 9.17) is 5.73 Å². The average molecular weight is 242 g/mol. The summed E-state index contributed by atoms with van der Waals surface area (Å²) < 4.78 is 2.29. The number of rotatable bonds is 4. The van der Waals surface area contributed by atoms with Crippen molar-refractivity contribution in [3.05, 3.63) is 47.8 Å². The van der Waals surface area contributed by atoms with Crippen LogP contribution in [0.1, 0.15) is 44.0 Å². The molecule has 18 heavy (non-hydrogen) atoms. The third-order valence-electron chi connectivity index (χ3n) is 3.51. The summed E-state index contributed by atoms with van der Waals surface area (Å²) in [5.74, 6) is 0.559. The molecule has 0 aliphatic heterocycles. The summed E-state index contributed by atoms with van der Waals surface area (Å²) in [6.07, 6.45) is 2.41. The molecule has 0 spiro atoms. The van der Waals surface area contributed by atoms with E-state index in [2.05, 4.69) is 43.5 Å². The van der Waals surface area contributed by atoms with Crippen LogP contribution < -0.4 is 5.73 Å². The second kappa shape index (κ2) is 5.30. The Morgan fingerprint density at radius 3 is 2.56 bits per heavy atom. The molecule has 0 aliphatic carbocycles. The number of benzene rings is 1. The Morgan fingerprint density at radius 1 is 1.17 bits per heavy atom. The van der Waals surface area contributed by atoms with Crippen LogP contribution in [0.5, 0.6) is 0 Å². The van der Waals surface area contributed by atoms with Crippen LogP contribution in [0.15, 0.2) is 36.4 Å². The number of nitrogens with two attached hydrogens (primary N) is 1. The van der Waals surface area contributed by atoms with Gasteiger partial charge in [0, 0.05) is 11.4 Å². The highest BCUT2D eigenvalue weighted by Crippen LogP contribution is 2.28. The van der Waals surface area contributed by atoms with Crippen molar-refractivity contribution in [3.8, 4) is 5.69 Å². The van der Waals surface area contributed by atoms with E-state index < -0.39 is 0 Å². The standard InChI is InChI=1S/C16H22N2/c1-4-7-12(2)15-11-10-13(3)18(15)16-9-6-5-8-14(16)17/h5-6,8-12H,4,7,17H2,1-3H3. The number of para-hydroxylation sites is 2. The molecule has 0 bridgehead atoms. The number of hydrogen-bond donors (Lipinski definition) is 1. The summed E-state index contributed by atoms with van der Waals surface area (Å²) >= 11 is 0. The van der Waals surface area contributed by atoms with Gasteiger partial charge in [-0.1, -0.05) is 32.4 Å². The topological polar surface area (TPSA) is 30.9 Å². The van der Waals surface area contributed by atoms with Gasteiger partial charge in [-0.2, -0.15) is 0 Å². The van der Waals surface area contributed by atoms with Crippen LogP contribution in [0.2, 0.25) is 0 Å². The predicted octanol–water partition coefficient (Wildman–Crippen LogP) is 4.27. The molecule has 2 heteroatoms. The van der Waals surface area contributed by atoms with E-state index >= 15 is 0 Å². The van der Waals surface area contributed by atoms with Gasteiger partial charge in [0.25, 0.3) is 0 Å². The first-order chi connectivity index (χ1) is 8.65. The fourth-order valence-electron chi connectivity index (χ4n) is 2.54. The fraction of sp³-hybridized carbons (Fsp3) is 0.375. The number of aromatic nitrogens is 1. The minimum Gasteiger partial charge on any atom is -0.397 e. The van der Waals surface area contributed by atoms with Crippen LogP contribution in [-0.2, 0) is 0 Å². The monoisotopic (exact) mass is 242 g/mol. The van der Waals surface area contributed by atoms with Crippen LogP contribution in [0.3, 0.4) is 0 Å². The van der Waals surface area contributed by atoms with Gasteiger partial charge in [-0.25, -0.2) is 0 Å². The summed E-state index contributed by atoms with van der Waals surface area (Å²) in [6, 6.07) is 12.5. The summed E-state index contributed by atoms with van der Waals surface area (Å²) in [6.45, 7) is 6.65. The lowest BCUT2D eigenvalue weighted by atomic mass is 10.0. The molecule has 0 fully saturated rings. The highest BCUT2D eigenvalue weighted by Gasteiger charge is 2.14. The lowest BCUT2D eigenvalue weighted by molar-refractivity contribution is 0.633. The molecule has 1 atom stereocenters. The van der Waals surface area contributed by atoms with Crippen LogP contribution >= 0.6 is 0 Å². The first-order valence-electron chi connectivity index (χ1n) is 6.68. The minimum absolute atomic E-state index is 0.559. The molecular weight excluding hydrogens is 220 g/mol. The van der Waals surface area contributed by atoms with E-state index in [0.29, 0.717) is 5.92 Å². The van der Waals surface area contributed by atoms with Gasteiger partial charge >= 0.3 is 0 Å². The van der Waals surface area contributed by atoms with Gasteiger partial charge in [-0.15, -0.1) is 0 Å². The van der Waals surface area contributed by atoms with E-state index in [1.807, 2.05) is 18.2 Å². The minimum atomic E-state index is 0.559. The SMILES string of the molecule is CCCC(C)c1ccc(C)n1-c1ccccc1N. The zero-order valence-corrected chi connectivity index (χ0v) is 11.5. The number of hydrogen-bond acceptors (Lipinski definition) is 1. The Kier molecular flexibility index (Phi) is 3.75. The van der Waals surface area contributed by atoms with E-state index in [1.165, 1.54) is 24.2 Å². The van der Waals surface area contributed by atoms with E-state index in [-0.39, 0.29) is 0 Å². The molecule has 0 saturated heterocycles. The van der Waals surface area contributed by atoms with Crippen molar-refractivity contribution in [1.82, 2.24) is 4.57 Å². The summed E-state index contributed by atoms with van der Waals surface area (Å²) in [4.78, 5) is 0. The molecule has 0 saturated carbocycles. The molecule has 2 aromatic rings. The van der Waals surface area contributed by atoms with Crippen LogP contribution in [0.25, 0.3) is 5.69 Å². The van der Waals surface area contributed by atoms with Crippen molar-refractivity contribution in [3.63, 3.8) is 0 Å². The summed E-state index contributed by atoms with van der Waals surface area (Å²) in [5, 5.41) is 0. The maximum Gasteiger partial charge on any atom is 0.0685 e. The maximum atomic E-state index is 6.10. The highest BCUT2D eigenvalue weighted by molar-refractivity contribution is 5.59. The molecular formula is C16H22N2. The Balaban J connectivity index is 2.51. The number of nitrogen functional groups attached to an aromatic ring is 1. The molecule has 0 aliphatic rings. The highest BCUT2D eigenvalue weighted by atomic mass is 15.0. The third-order valence-corrected chi connectivity index (χ3v) is 3.51. The fourth-order valence-corrected chi connectivity index (χ4v) is 2.54. The van der Waals surface area contributed by atoms with E-state index in [9.17, 15) is 0 Å². The van der Waals surface area contributed by atoms with E-state index in [1.54, 1.807) is 0 Å². The molecule has 0 radical (unpaired) electrons. The lowest BCUT2D eigenvalue weighted by Gasteiger charge is -2.18. The molecule has 2 rings (SSSR count). The van der Waals surface area contributed by atoms with Crippen LogP contribution in [0.4, 0.5) is 5.69 Å². The van der Waals surface area contributed by atoms with Crippen molar-refractivity contribution < 1.29 is 0 Å². The van der Waals surface area contributed by atoms with Crippen molar-refractivity contribution >= 4 is 5.69 Å². The van der Waals surface area contributed by atoms with Gasteiger partial charge < -0.3 is 10.3 Å². The lowest BCUT2D eigenvalue weighted by Crippen LogP contribution is -2.07. The summed E-state index contributed by atoms with van der Waals surface area (Å²) in [7, 11) is 0. The largest absolute Gasteiger partial charge is 0.397 e. The Bertz CT molecular complexity index is 526. The number of aryl methyl sites for hydroxylation is 1. The van der Waals surface area contributed by atoms with Gasteiger partial charge in [0.2, 0.25) is 0 Å². The Labute approximate surface area is 109 Å². The maximum absolute atomic E-state index is 6.10. The van der Waals surface area contributed by atoms with Crippen molar-refractivity contribution in [1.29, 1.82) is 0 Å². The van der Waals surface area contributed by atoms with Gasteiger partial charge in [-0.05, 0) is 43.5 Å². The molecule has 0 amide bonds. The molecule has 96 valence electrons. The number of anilines is 1. The molecule has 1 aromatic heterocycles. The quantitative estimate of drug-likeness (QED) is 0.797. The van der Waals surface area contributed by atoms with Crippen molar-refractivity contribution in [2.45, 2.75) is 39.5 Å². The molecule has 2 nitrogen and oxygen atoms in total. The molecule has 2 N–H and O–H groups in total. The van der Waals surface area contributed by atoms with Gasteiger partial charge in [0.05, 0.1) is 11.4 Å². The Morgan fingerprint density at radius 2 is 1.89 bits per heavy atom. The van der Waals surface area contributed by atoms with Gasteiger partial charge in [0.15, 0.2) is 0 Å². The third kappa shape index (κ3) is 2.28. The first kappa shape index (κ1) is 12.7. The van der Waals surface area contributed by atoms with Crippen molar-refractivity contribution in [2.24, 2.45) is 0 Å². The Hall–Kier alpha value is -1.70. The van der Waals surface area contributed by atoms with Crippen molar-refractivity contribution in [2.75, 3.05) is 5.73 Å². The van der Waals surface area contributed by atoms with Gasteiger partial charge in [0.1, 0.15) is 0 Å². The van der Waals surface area contributed by atoms with E-state index in [0.717, 1.165) is 11.4 Å². The average Bonchev–Trinajstić information content (AvgIpc) is 2.72. The zero-order chi connectivity index (χ0) is 13.1. The molecule has 1 aromatic carbocycles. The second-order valence-electron chi connectivity index (χ2n) is 4.98. The summed E-state index contributed by atoms with van der Waals surface area (Å²) in [5.41, 5.74) is 10.6. The van der Waals surface area contributed by atoms with Crippen LogP contribution in [-0.4, -0.2) is 4.57 Å². The molecule has 1 unspecified atom stereocenters. The zero-order valence-electron chi connectivity index (χ0n) is 11.5.